The van der Waals surface area contributed by atoms with E-state index in [1.165, 1.54) is 12.1 Å². The van der Waals surface area contributed by atoms with Crippen LogP contribution < -0.4 is 10.6 Å². The summed E-state index contributed by atoms with van der Waals surface area (Å²) in [7, 11) is 0. The first-order valence-electron chi connectivity index (χ1n) is 7.26. The third-order valence-electron chi connectivity index (χ3n) is 3.58. The summed E-state index contributed by atoms with van der Waals surface area (Å²) in [6, 6.07) is 6.06. The summed E-state index contributed by atoms with van der Waals surface area (Å²) < 4.78 is 18.6. The molecule has 2 atom stereocenters. The van der Waals surface area contributed by atoms with E-state index in [2.05, 4.69) is 10.6 Å². The van der Waals surface area contributed by atoms with Gasteiger partial charge in [0, 0.05) is 13.1 Å². The van der Waals surface area contributed by atoms with Gasteiger partial charge < -0.3 is 15.4 Å². The lowest BCUT2D eigenvalue weighted by Gasteiger charge is -2.34. The Hall–Kier alpha value is -1.46. The lowest BCUT2D eigenvalue weighted by Crippen LogP contribution is -2.50. The average molecular weight is 294 g/mol. The van der Waals surface area contributed by atoms with Gasteiger partial charge in [0.05, 0.1) is 12.6 Å². The van der Waals surface area contributed by atoms with Crippen LogP contribution in [0.1, 0.15) is 32.4 Å². The molecule has 4 nitrogen and oxygen atoms in total. The van der Waals surface area contributed by atoms with E-state index < -0.39 is 6.10 Å². The molecule has 2 N–H and O–H groups in total. The molecule has 0 saturated carbocycles. The van der Waals surface area contributed by atoms with E-state index in [1.54, 1.807) is 12.1 Å². The summed E-state index contributed by atoms with van der Waals surface area (Å²) >= 11 is 0. The molecule has 1 amide bonds. The minimum absolute atomic E-state index is 0.133. The minimum atomic E-state index is -0.468. The number of hydrogen-bond acceptors (Lipinski definition) is 3. The van der Waals surface area contributed by atoms with Crippen molar-refractivity contribution in [3.8, 4) is 0 Å². The normalized spacial score (nSPS) is 20.9. The molecule has 116 valence electrons. The fourth-order valence-corrected chi connectivity index (χ4v) is 2.42. The molecule has 1 aromatic carbocycles. The molecule has 2 rings (SSSR count). The van der Waals surface area contributed by atoms with Gasteiger partial charge in [0.25, 0.3) is 5.91 Å². The van der Waals surface area contributed by atoms with Gasteiger partial charge >= 0.3 is 0 Å². The van der Waals surface area contributed by atoms with Crippen molar-refractivity contribution in [2.45, 2.75) is 32.9 Å². The zero-order valence-corrected chi connectivity index (χ0v) is 12.8. The Labute approximate surface area is 125 Å². The fourth-order valence-electron chi connectivity index (χ4n) is 2.42. The van der Waals surface area contributed by atoms with Crippen molar-refractivity contribution in [2.24, 2.45) is 5.41 Å². The molecule has 0 aliphatic carbocycles. The number of carbonyl (C=O) groups is 1. The van der Waals surface area contributed by atoms with E-state index >= 15 is 0 Å². The summed E-state index contributed by atoms with van der Waals surface area (Å²) in [5.74, 6) is -0.413. The first kappa shape index (κ1) is 15.9. The summed E-state index contributed by atoms with van der Waals surface area (Å²) in [5.41, 5.74) is 0.705. The standard InChI is InChI=1S/C16H23FN2O2/c1-16(2,3)14(11-4-6-12(17)7-5-11)19-15(20)13-10-18-8-9-21-13/h4-7,13-14,18H,8-10H2,1-3H3,(H,19,20). The Bertz CT molecular complexity index is 476. The van der Waals surface area contributed by atoms with Gasteiger partial charge in [-0.2, -0.15) is 0 Å². The lowest BCUT2D eigenvalue weighted by atomic mass is 9.82. The van der Waals surface area contributed by atoms with Crippen molar-refractivity contribution < 1.29 is 13.9 Å². The first-order chi connectivity index (χ1) is 9.88. The third-order valence-corrected chi connectivity index (χ3v) is 3.58. The molecule has 1 aliphatic rings. The quantitative estimate of drug-likeness (QED) is 0.896. The molecule has 1 fully saturated rings. The molecule has 0 bridgehead atoms. The predicted molar refractivity (Wildman–Crippen MR) is 79.3 cm³/mol. The minimum Gasteiger partial charge on any atom is -0.366 e. The van der Waals surface area contributed by atoms with Crippen LogP contribution in [0.25, 0.3) is 0 Å². The molecular formula is C16H23FN2O2. The van der Waals surface area contributed by atoms with Crippen LogP contribution >= 0.6 is 0 Å². The maximum atomic E-state index is 13.1. The molecular weight excluding hydrogens is 271 g/mol. The molecule has 1 saturated heterocycles. The van der Waals surface area contributed by atoms with Gasteiger partial charge in [0.1, 0.15) is 11.9 Å². The van der Waals surface area contributed by atoms with E-state index in [0.29, 0.717) is 13.2 Å². The van der Waals surface area contributed by atoms with Gasteiger partial charge in [-0.25, -0.2) is 4.39 Å². The molecule has 1 aromatic rings. The molecule has 0 aromatic heterocycles. The number of hydrogen-bond donors (Lipinski definition) is 2. The SMILES string of the molecule is CC(C)(C)C(NC(=O)C1CNCCO1)c1ccc(F)cc1. The van der Waals surface area contributed by atoms with Crippen LogP contribution in [0.4, 0.5) is 4.39 Å². The Morgan fingerprint density at radius 1 is 1.38 bits per heavy atom. The van der Waals surface area contributed by atoms with Crippen molar-refractivity contribution in [2.75, 3.05) is 19.7 Å². The van der Waals surface area contributed by atoms with Crippen LogP contribution in [0.3, 0.4) is 0 Å². The van der Waals surface area contributed by atoms with Gasteiger partial charge in [-0.3, -0.25) is 4.79 Å². The van der Waals surface area contributed by atoms with Crippen LogP contribution in [0, 0.1) is 11.2 Å². The van der Waals surface area contributed by atoms with E-state index in [4.69, 9.17) is 4.74 Å². The van der Waals surface area contributed by atoms with Crippen LogP contribution in [-0.2, 0) is 9.53 Å². The van der Waals surface area contributed by atoms with E-state index in [9.17, 15) is 9.18 Å². The van der Waals surface area contributed by atoms with Crippen LogP contribution in [0.15, 0.2) is 24.3 Å². The van der Waals surface area contributed by atoms with E-state index in [0.717, 1.165) is 12.1 Å². The highest BCUT2D eigenvalue weighted by molar-refractivity contribution is 5.81. The van der Waals surface area contributed by atoms with Gasteiger partial charge in [0.15, 0.2) is 0 Å². The highest BCUT2D eigenvalue weighted by Crippen LogP contribution is 2.32. The molecule has 1 heterocycles. The Balaban J connectivity index is 2.13. The average Bonchev–Trinajstić information content (AvgIpc) is 2.45. The smallest absolute Gasteiger partial charge is 0.250 e. The molecule has 2 unspecified atom stereocenters. The number of ether oxygens (including phenoxy) is 1. The molecule has 1 aliphatic heterocycles. The summed E-state index contributed by atoms with van der Waals surface area (Å²) in [4.78, 5) is 12.3. The largest absolute Gasteiger partial charge is 0.366 e. The highest BCUT2D eigenvalue weighted by atomic mass is 19.1. The summed E-state index contributed by atoms with van der Waals surface area (Å²) in [5, 5.41) is 6.18. The molecule has 21 heavy (non-hydrogen) atoms. The Morgan fingerprint density at radius 3 is 2.57 bits per heavy atom. The second kappa shape index (κ2) is 6.54. The highest BCUT2D eigenvalue weighted by Gasteiger charge is 2.31. The lowest BCUT2D eigenvalue weighted by molar-refractivity contribution is -0.135. The van der Waals surface area contributed by atoms with Gasteiger partial charge in [-0.15, -0.1) is 0 Å². The maximum absolute atomic E-state index is 13.1. The van der Waals surface area contributed by atoms with Gasteiger partial charge in [-0.05, 0) is 23.1 Å². The second-order valence-corrected chi connectivity index (χ2v) is 6.42. The fraction of sp³-hybridized carbons (Fsp3) is 0.562. The Morgan fingerprint density at radius 2 is 2.05 bits per heavy atom. The number of benzene rings is 1. The Kier molecular flexibility index (Phi) is 4.96. The van der Waals surface area contributed by atoms with Crippen LogP contribution in [0.5, 0.6) is 0 Å². The van der Waals surface area contributed by atoms with Crippen LogP contribution in [-0.4, -0.2) is 31.7 Å². The number of morpholine rings is 1. The van der Waals surface area contributed by atoms with Gasteiger partial charge in [-0.1, -0.05) is 32.9 Å². The van der Waals surface area contributed by atoms with E-state index in [1.807, 2.05) is 20.8 Å². The van der Waals surface area contributed by atoms with Crippen LogP contribution in [0.2, 0.25) is 0 Å². The number of rotatable bonds is 3. The summed E-state index contributed by atoms with van der Waals surface area (Å²) in [6.45, 7) is 7.95. The monoisotopic (exact) mass is 294 g/mol. The molecule has 5 heteroatoms. The second-order valence-electron chi connectivity index (χ2n) is 6.42. The zero-order valence-electron chi connectivity index (χ0n) is 12.8. The number of halogens is 1. The maximum Gasteiger partial charge on any atom is 0.250 e. The molecule has 0 spiro atoms. The first-order valence-corrected chi connectivity index (χ1v) is 7.26. The van der Waals surface area contributed by atoms with E-state index in [-0.39, 0.29) is 23.2 Å². The van der Waals surface area contributed by atoms with Crippen molar-refractivity contribution >= 4 is 5.91 Å². The number of carbonyl (C=O) groups excluding carboxylic acids is 1. The van der Waals surface area contributed by atoms with Crippen molar-refractivity contribution in [3.63, 3.8) is 0 Å². The van der Waals surface area contributed by atoms with Crippen molar-refractivity contribution in [1.82, 2.24) is 10.6 Å². The predicted octanol–water partition coefficient (Wildman–Crippen LogP) is 2.02. The van der Waals surface area contributed by atoms with Gasteiger partial charge in [0.2, 0.25) is 0 Å². The van der Waals surface area contributed by atoms with Crippen molar-refractivity contribution in [3.05, 3.63) is 35.6 Å². The number of nitrogens with one attached hydrogen (secondary N) is 2. The topological polar surface area (TPSA) is 50.4 Å². The number of amides is 1. The third kappa shape index (κ3) is 4.25. The molecule has 0 radical (unpaired) electrons. The zero-order chi connectivity index (χ0) is 15.5. The summed E-state index contributed by atoms with van der Waals surface area (Å²) in [6.07, 6.45) is -0.468. The van der Waals surface area contributed by atoms with Crippen molar-refractivity contribution in [1.29, 1.82) is 0 Å².